The van der Waals surface area contributed by atoms with Crippen molar-refractivity contribution in [2.24, 2.45) is 23.2 Å². The Morgan fingerprint density at radius 2 is 2.00 bits per heavy atom. The average molecular weight is 180 g/mol. The Kier molecular flexibility index (Phi) is 2.42. The van der Waals surface area contributed by atoms with Gasteiger partial charge in [0.1, 0.15) is 0 Å². The fourth-order valence-corrected chi connectivity index (χ4v) is 3.63. The number of hydrogen-bond donors (Lipinski definition) is 0. The van der Waals surface area contributed by atoms with Gasteiger partial charge in [-0.05, 0) is 36.0 Å². The molecule has 0 bridgehead atoms. The molecule has 0 nitrogen and oxygen atoms in total. The van der Waals surface area contributed by atoms with Crippen molar-refractivity contribution in [3.8, 4) is 0 Å². The SMILES string of the molecule is CCCCCC(C)C1C(C)C12CC2. The van der Waals surface area contributed by atoms with Gasteiger partial charge in [-0.2, -0.15) is 0 Å². The number of unbranched alkanes of at least 4 members (excludes halogenated alkanes) is 2. The summed E-state index contributed by atoms with van der Waals surface area (Å²) in [7, 11) is 0. The molecule has 3 unspecified atom stereocenters. The van der Waals surface area contributed by atoms with Crippen LogP contribution in [-0.4, -0.2) is 0 Å². The van der Waals surface area contributed by atoms with Crippen molar-refractivity contribution in [1.29, 1.82) is 0 Å². The van der Waals surface area contributed by atoms with Crippen molar-refractivity contribution in [2.75, 3.05) is 0 Å². The molecule has 2 aliphatic rings. The highest BCUT2D eigenvalue weighted by Gasteiger charge is 2.69. The standard InChI is InChI=1S/C13H24/c1-4-5-6-7-10(2)12-11(3)13(12)8-9-13/h10-12H,4-9H2,1-3H3. The Bertz CT molecular complexity index is 178. The van der Waals surface area contributed by atoms with Gasteiger partial charge in [0.05, 0.1) is 0 Å². The second kappa shape index (κ2) is 3.29. The van der Waals surface area contributed by atoms with Crippen LogP contribution in [0.3, 0.4) is 0 Å². The van der Waals surface area contributed by atoms with Gasteiger partial charge in [0, 0.05) is 0 Å². The van der Waals surface area contributed by atoms with Crippen molar-refractivity contribution in [3.63, 3.8) is 0 Å². The predicted octanol–water partition coefficient (Wildman–Crippen LogP) is 4.25. The van der Waals surface area contributed by atoms with Crippen LogP contribution in [0.25, 0.3) is 0 Å². The highest BCUT2D eigenvalue weighted by atomic mass is 14.7. The van der Waals surface area contributed by atoms with E-state index in [2.05, 4.69) is 20.8 Å². The molecule has 13 heavy (non-hydrogen) atoms. The van der Waals surface area contributed by atoms with Gasteiger partial charge in [0.25, 0.3) is 0 Å². The molecule has 76 valence electrons. The molecule has 0 aliphatic heterocycles. The van der Waals surface area contributed by atoms with Gasteiger partial charge >= 0.3 is 0 Å². The van der Waals surface area contributed by atoms with Crippen molar-refractivity contribution < 1.29 is 0 Å². The van der Waals surface area contributed by atoms with Crippen LogP contribution < -0.4 is 0 Å². The minimum atomic E-state index is 0.894. The Morgan fingerprint density at radius 1 is 1.31 bits per heavy atom. The van der Waals surface area contributed by atoms with Crippen molar-refractivity contribution >= 4 is 0 Å². The lowest BCUT2D eigenvalue weighted by Crippen LogP contribution is -2.00. The summed E-state index contributed by atoms with van der Waals surface area (Å²) in [5.41, 5.74) is 0.894. The number of rotatable bonds is 5. The summed E-state index contributed by atoms with van der Waals surface area (Å²) in [6, 6.07) is 0. The van der Waals surface area contributed by atoms with Crippen LogP contribution in [0.5, 0.6) is 0 Å². The average Bonchev–Trinajstić information content (AvgIpc) is 2.96. The summed E-state index contributed by atoms with van der Waals surface area (Å²) in [6.45, 7) is 7.27. The van der Waals surface area contributed by atoms with Gasteiger partial charge in [-0.25, -0.2) is 0 Å². The molecule has 0 N–H and O–H groups in total. The fourth-order valence-electron chi connectivity index (χ4n) is 3.63. The summed E-state index contributed by atoms with van der Waals surface area (Å²) in [5.74, 6) is 3.21. The Hall–Kier alpha value is 0. The quantitative estimate of drug-likeness (QED) is 0.555. The van der Waals surface area contributed by atoms with Crippen LogP contribution >= 0.6 is 0 Å². The first-order chi connectivity index (χ1) is 6.22. The van der Waals surface area contributed by atoms with Gasteiger partial charge in [-0.15, -0.1) is 0 Å². The van der Waals surface area contributed by atoms with E-state index in [-0.39, 0.29) is 0 Å². The molecule has 3 atom stereocenters. The smallest absolute Gasteiger partial charge is 0.0235 e. The van der Waals surface area contributed by atoms with E-state index >= 15 is 0 Å². The van der Waals surface area contributed by atoms with Crippen LogP contribution in [0.1, 0.15) is 59.3 Å². The zero-order valence-electron chi connectivity index (χ0n) is 9.47. The molecule has 0 radical (unpaired) electrons. The third-order valence-corrected chi connectivity index (χ3v) is 4.70. The lowest BCUT2D eigenvalue weighted by Gasteiger charge is -2.10. The van der Waals surface area contributed by atoms with E-state index < -0.39 is 0 Å². The lowest BCUT2D eigenvalue weighted by molar-refractivity contribution is 0.409. The third-order valence-electron chi connectivity index (χ3n) is 4.70. The maximum Gasteiger partial charge on any atom is -0.0235 e. The molecule has 2 aliphatic carbocycles. The lowest BCUT2D eigenvalue weighted by atomic mass is 9.96. The molecule has 1 spiro atoms. The second-order valence-corrected chi connectivity index (χ2v) is 5.52. The first-order valence-corrected chi connectivity index (χ1v) is 6.22. The van der Waals surface area contributed by atoms with Crippen LogP contribution in [0.15, 0.2) is 0 Å². The summed E-state index contributed by atoms with van der Waals surface area (Å²) in [4.78, 5) is 0. The molecule has 0 aromatic heterocycles. The molecule has 2 rings (SSSR count). The first-order valence-electron chi connectivity index (χ1n) is 6.22. The Morgan fingerprint density at radius 3 is 2.46 bits per heavy atom. The van der Waals surface area contributed by atoms with E-state index in [1.165, 1.54) is 25.7 Å². The van der Waals surface area contributed by atoms with Crippen LogP contribution in [0, 0.1) is 23.2 Å². The molecule has 2 fully saturated rings. The summed E-state index contributed by atoms with van der Waals surface area (Å²) in [5, 5.41) is 0. The highest BCUT2D eigenvalue weighted by molar-refractivity contribution is 5.18. The number of hydrogen-bond acceptors (Lipinski definition) is 0. The second-order valence-electron chi connectivity index (χ2n) is 5.52. The van der Waals surface area contributed by atoms with Crippen molar-refractivity contribution in [2.45, 2.75) is 59.3 Å². The van der Waals surface area contributed by atoms with E-state index in [1.807, 2.05) is 0 Å². The van der Waals surface area contributed by atoms with Crippen molar-refractivity contribution in [1.82, 2.24) is 0 Å². The zero-order chi connectivity index (χ0) is 9.47. The zero-order valence-corrected chi connectivity index (χ0v) is 9.47. The van der Waals surface area contributed by atoms with Crippen LogP contribution in [0.2, 0.25) is 0 Å². The summed E-state index contributed by atoms with van der Waals surface area (Å²) in [6.07, 6.45) is 8.88. The maximum atomic E-state index is 2.49. The maximum absolute atomic E-state index is 2.49. The minimum absolute atomic E-state index is 0.894. The molecule has 0 aromatic carbocycles. The third kappa shape index (κ3) is 1.53. The fraction of sp³-hybridized carbons (Fsp3) is 1.00. The van der Waals surface area contributed by atoms with Crippen LogP contribution in [0.4, 0.5) is 0 Å². The molecular weight excluding hydrogens is 156 g/mol. The van der Waals surface area contributed by atoms with E-state index in [4.69, 9.17) is 0 Å². The molecule has 0 saturated heterocycles. The van der Waals surface area contributed by atoms with Gasteiger partial charge in [0.15, 0.2) is 0 Å². The summed E-state index contributed by atoms with van der Waals surface area (Å²) < 4.78 is 0. The molecular formula is C13H24. The molecule has 0 aromatic rings. The Balaban J connectivity index is 1.70. The predicted molar refractivity (Wildman–Crippen MR) is 57.6 cm³/mol. The normalized spacial score (nSPS) is 36.2. The summed E-state index contributed by atoms with van der Waals surface area (Å²) >= 11 is 0. The largest absolute Gasteiger partial charge is 0.0654 e. The van der Waals surface area contributed by atoms with Gasteiger partial charge in [-0.1, -0.05) is 46.5 Å². The van der Waals surface area contributed by atoms with Crippen LogP contribution in [-0.2, 0) is 0 Å². The minimum Gasteiger partial charge on any atom is -0.0654 e. The van der Waals surface area contributed by atoms with E-state index in [0.29, 0.717) is 0 Å². The van der Waals surface area contributed by atoms with E-state index in [9.17, 15) is 0 Å². The van der Waals surface area contributed by atoms with E-state index in [1.54, 1.807) is 12.8 Å². The highest BCUT2D eigenvalue weighted by Crippen LogP contribution is 2.77. The molecule has 2 saturated carbocycles. The van der Waals surface area contributed by atoms with E-state index in [0.717, 1.165) is 23.2 Å². The van der Waals surface area contributed by atoms with Crippen molar-refractivity contribution in [3.05, 3.63) is 0 Å². The van der Waals surface area contributed by atoms with Gasteiger partial charge in [0.2, 0.25) is 0 Å². The van der Waals surface area contributed by atoms with Gasteiger partial charge in [-0.3, -0.25) is 0 Å². The molecule has 0 heteroatoms. The van der Waals surface area contributed by atoms with Gasteiger partial charge < -0.3 is 0 Å². The first kappa shape index (κ1) is 9.55. The topological polar surface area (TPSA) is 0 Å². The Labute approximate surface area is 83.1 Å². The molecule has 0 amide bonds. The molecule has 0 heterocycles. The monoisotopic (exact) mass is 180 g/mol.